The Kier molecular flexibility index (Phi) is 5.36. The van der Waals surface area contributed by atoms with Gasteiger partial charge in [-0.3, -0.25) is 4.79 Å². The number of benzene rings is 2. The number of carbonyl (C=O) groups is 1. The van der Waals surface area contributed by atoms with Crippen molar-refractivity contribution in [1.29, 1.82) is 0 Å². The second-order valence-corrected chi connectivity index (χ2v) is 5.93. The lowest BCUT2D eigenvalue weighted by atomic mass is 10.2. The molecule has 0 aliphatic carbocycles. The van der Waals surface area contributed by atoms with E-state index in [0.717, 1.165) is 11.3 Å². The van der Waals surface area contributed by atoms with Gasteiger partial charge in [-0.25, -0.2) is 4.68 Å². The van der Waals surface area contributed by atoms with E-state index in [-0.39, 0.29) is 11.8 Å². The van der Waals surface area contributed by atoms with E-state index in [0.29, 0.717) is 11.6 Å². The summed E-state index contributed by atoms with van der Waals surface area (Å²) in [7, 11) is 0. The molecule has 1 aromatic heterocycles. The average Bonchev–Trinajstić information content (AvgIpc) is 3.02. The van der Waals surface area contributed by atoms with Crippen LogP contribution in [0.25, 0.3) is 5.69 Å². The van der Waals surface area contributed by atoms with Crippen LogP contribution in [0.5, 0.6) is 5.88 Å². The maximum atomic E-state index is 12.2. The Balaban J connectivity index is 1.61. The minimum absolute atomic E-state index is 0.228. The highest BCUT2D eigenvalue weighted by Gasteiger charge is 2.18. The zero-order valence-electron chi connectivity index (χ0n) is 13.7. The van der Waals surface area contributed by atoms with Gasteiger partial charge in [0.25, 0.3) is 11.8 Å². The molecule has 3 rings (SSSR count). The molecule has 1 atom stereocenters. The molecule has 0 bridgehead atoms. The number of nitrogens with one attached hydrogen (secondary N) is 1. The van der Waals surface area contributed by atoms with E-state index < -0.39 is 6.10 Å². The van der Waals surface area contributed by atoms with E-state index in [1.165, 1.54) is 0 Å². The number of amides is 1. The summed E-state index contributed by atoms with van der Waals surface area (Å²) < 4.78 is 7.24. The van der Waals surface area contributed by atoms with Gasteiger partial charge in [-0.05, 0) is 24.6 Å². The number of nitrogens with zero attached hydrogens (tertiary/aromatic N) is 2. The highest BCUT2D eigenvalue weighted by molar-refractivity contribution is 6.31. The molecule has 1 unspecified atom stereocenters. The van der Waals surface area contributed by atoms with Crippen molar-refractivity contribution in [2.24, 2.45) is 0 Å². The number of hydrogen-bond donors (Lipinski definition) is 1. The molecular formula is C19H18ClN3O2. The first-order chi connectivity index (χ1) is 12.1. The molecule has 0 spiro atoms. The van der Waals surface area contributed by atoms with E-state index in [9.17, 15) is 4.79 Å². The molecule has 3 aromatic rings. The summed E-state index contributed by atoms with van der Waals surface area (Å²) in [6, 6.07) is 19.2. The minimum atomic E-state index is -0.708. The van der Waals surface area contributed by atoms with Crippen LogP contribution in [0.2, 0.25) is 5.02 Å². The molecule has 0 saturated carbocycles. The molecule has 0 aliphatic rings. The molecule has 0 aliphatic heterocycles. The Morgan fingerprint density at radius 2 is 1.80 bits per heavy atom. The molecule has 5 nitrogen and oxygen atoms in total. The van der Waals surface area contributed by atoms with Gasteiger partial charge in [0.1, 0.15) is 5.02 Å². The van der Waals surface area contributed by atoms with E-state index in [4.69, 9.17) is 16.3 Å². The summed E-state index contributed by atoms with van der Waals surface area (Å²) in [6.07, 6.45) is 0.946. The van der Waals surface area contributed by atoms with Crippen LogP contribution in [-0.4, -0.2) is 21.8 Å². The van der Waals surface area contributed by atoms with Crippen molar-refractivity contribution in [1.82, 2.24) is 15.1 Å². The highest BCUT2D eigenvalue weighted by atomic mass is 35.5. The maximum Gasteiger partial charge on any atom is 0.261 e. The fourth-order valence-corrected chi connectivity index (χ4v) is 2.45. The largest absolute Gasteiger partial charge is 0.462 e. The van der Waals surface area contributed by atoms with Gasteiger partial charge < -0.3 is 10.1 Å². The monoisotopic (exact) mass is 355 g/mol. The molecular weight excluding hydrogens is 338 g/mol. The third-order valence-corrected chi connectivity index (χ3v) is 3.89. The summed E-state index contributed by atoms with van der Waals surface area (Å²) in [5.74, 6) is 0.00191. The van der Waals surface area contributed by atoms with E-state index in [2.05, 4.69) is 10.4 Å². The van der Waals surface area contributed by atoms with E-state index >= 15 is 0 Å². The van der Waals surface area contributed by atoms with Crippen molar-refractivity contribution in [3.05, 3.63) is 77.4 Å². The number of para-hydroxylation sites is 1. The second-order valence-electron chi connectivity index (χ2n) is 5.53. The van der Waals surface area contributed by atoms with E-state index in [1.807, 2.05) is 60.7 Å². The lowest BCUT2D eigenvalue weighted by molar-refractivity contribution is -0.127. The number of rotatable bonds is 6. The SMILES string of the molecule is CC(Oc1nn(-c2ccccc2)cc1Cl)C(=O)NCc1ccccc1. The summed E-state index contributed by atoms with van der Waals surface area (Å²) in [6.45, 7) is 2.11. The predicted octanol–water partition coefficient (Wildman–Crippen LogP) is 3.61. The van der Waals surface area contributed by atoms with Gasteiger partial charge in [0.2, 0.25) is 0 Å². The minimum Gasteiger partial charge on any atom is -0.462 e. The Bertz CT molecular complexity index is 834. The standard InChI is InChI=1S/C19H18ClN3O2/c1-14(18(24)21-12-15-8-4-2-5-9-15)25-19-17(20)13-23(22-19)16-10-6-3-7-11-16/h2-11,13-14H,12H2,1H3,(H,21,24). The molecule has 0 saturated heterocycles. The zero-order chi connectivity index (χ0) is 17.6. The van der Waals surface area contributed by atoms with Gasteiger partial charge >= 0.3 is 0 Å². The molecule has 0 radical (unpaired) electrons. The lowest BCUT2D eigenvalue weighted by Gasteiger charge is -2.13. The van der Waals surface area contributed by atoms with Gasteiger partial charge in [-0.1, -0.05) is 60.1 Å². The average molecular weight is 356 g/mol. The number of ether oxygens (including phenoxy) is 1. The third kappa shape index (κ3) is 4.39. The smallest absolute Gasteiger partial charge is 0.261 e. The van der Waals surface area contributed by atoms with Crippen molar-refractivity contribution in [2.75, 3.05) is 0 Å². The molecule has 2 aromatic carbocycles. The van der Waals surface area contributed by atoms with Crippen LogP contribution in [-0.2, 0) is 11.3 Å². The third-order valence-electron chi connectivity index (χ3n) is 3.63. The first kappa shape index (κ1) is 17.0. The summed E-state index contributed by atoms with van der Waals surface area (Å²) in [4.78, 5) is 12.2. The van der Waals surface area contributed by atoms with Crippen molar-refractivity contribution < 1.29 is 9.53 Å². The quantitative estimate of drug-likeness (QED) is 0.735. The summed E-state index contributed by atoms with van der Waals surface area (Å²) >= 11 is 6.18. The van der Waals surface area contributed by atoms with Crippen molar-refractivity contribution in [3.63, 3.8) is 0 Å². The molecule has 6 heteroatoms. The number of aromatic nitrogens is 2. The van der Waals surface area contributed by atoms with Gasteiger partial charge in [-0.2, -0.15) is 0 Å². The molecule has 1 amide bonds. The topological polar surface area (TPSA) is 56.2 Å². The fourth-order valence-electron chi connectivity index (χ4n) is 2.28. The van der Waals surface area contributed by atoms with Crippen LogP contribution in [0.3, 0.4) is 0 Å². The maximum absolute atomic E-state index is 12.2. The number of halogens is 1. The predicted molar refractivity (Wildman–Crippen MR) is 97.0 cm³/mol. The van der Waals surface area contributed by atoms with Gasteiger partial charge in [0.05, 0.1) is 11.9 Å². The van der Waals surface area contributed by atoms with Crippen LogP contribution in [0.1, 0.15) is 12.5 Å². The number of carbonyl (C=O) groups excluding carboxylic acids is 1. The van der Waals surface area contributed by atoms with Crippen molar-refractivity contribution in [2.45, 2.75) is 19.6 Å². The highest BCUT2D eigenvalue weighted by Crippen LogP contribution is 2.24. The van der Waals surface area contributed by atoms with Gasteiger partial charge in [-0.15, -0.1) is 5.10 Å². The summed E-state index contributed by atoms with van der Waals surface area (Å²) in [5, 5.41) is 7.49. The van der Waals surface area contributed by atoms with Crippen molar-refractivity contribution >= 4 is 17.5 Å². The Morgan fingerprint density at radius 3 is 2.48 bits per heavy atom. The van der Waals surface area contributed by atoms with Crippen LogP contribution in [0.15, 0.2) is 66.9 Å². The van der Waals surface area contributed by atoms with Crippen LogP contribution >= 0.6 is 11.6 Å². The van der Waals surface area contributed by atoms with Gasteiger partial charge in [0.15, 0.2) is 6.10 Å². The Labute approximate surface area is 151 Å². The van der Waals surface area contributed by atoms with Gasteiger partial charge in [0, 0.05) is 6.54 Å². The molecule has 0 fully saturated rings. The zero-order valence-corrected chi connectivity index (χ0v) is 14.5. The Hall–Kier alpha value is -2.79. The van der Waals surface area contributed by atoms with Crippen LogP contribution < -0.4 is 10.1 Å². The van der Waals surface area contributed by atoms with Crippen molar-refractivity contribution in [3.8, 4) is 11.6 Å². The molecule has 128 valence electrons. The fraction of sp³-hybridized carbons (Fsp3) is 0.158. The molecule has 1 heterocycles. The van der Waals surface area contributed by atoms with E-state index in [1.54, 1.807) is 17.8 Å². The molecule has 1 N–H and O–H groups in total. The molecule has 25 heavy (non-hydrogen) atoms. The normalized spacial score (nSPS) is 11.8. The second kappa shape index (κ2) is 7.85. The Morgan fingerprint density at radius 1 is 1.16 bits per heavy atom. The summed E-state index contributed by atoms with van der Waals surface area (Å²) in [5.41, 5.74) is 1.88. The lowest BCUT2D eigenvalue weighted by Crippen LogP contribution is -2.36. The van der Waals surface area contributed by atoms with Crippen LogP contribution in [0, 0.1) is 0 Å². The first-order valence-corrected chi connectivity index (χ1v) is 8.30. The number of hydrogen-bond acceptors (Lipinski definition) is 3. The van der Waals surface area contributed by atoms with Crippen LogP contribution in [0.4, 0.5) is 0 Å². The first-order valence-electron chi connectivity index (χ1n) is 7.92.